The Bertz CT molecular complexity index is 467. The van der Waals surface area contributed by atoms with Crippen molar-refractivity contribution in [3.8, 4) is 0 Å². The van der Waals surface area contributed by atoms with Gasteiger partial charge in [0.05, 0.1) is 51.2 Å². The van der Waals surface area contributed by atoms with Crippen LogP contribution in [0.15, 0.2) is 36.5 Å². The Labute approximate surface area is 149 Å². The molecular formula is C17H30N4O4. The Hall–Kier alpha value is -1.74. The van der Waals surface area contributed by atoms with Crippen molar-refractivity contribution < 1.29 is 19.7 Å². The molecule has 0 fully saturated rings. The van der Waals surface area contributed by atoms with Gasteiger partial charge in [-0.05, 0) is 19.0 Å². The second kappa shape index (κ2) is 13.5. The molecule has 1 rings (SSSR count). The fourth-order valence-electron chi connectivity index (χ4n) is 2.15. The van der Waals surface area contributed by atoms with Gasteiger partial charge in [0.1, 0.15) is 0 Å². The molecule has 1 heterocycles. The number of rotatable bonds is 15. The van der Waals surface area contributed by atoms with Crippen LogP contribution in [0.4, 0.5) is 0 Å². The number of aliphatic imine (C=N–C) groups is 1. The second-order valence-corrected chi connectivity index (χ2v) is 5.68. The van der Waals surface area contributed by atoms with E-state index in [4.69, 9.17) is 9.47 Å². The zero-order valence-corrected chi connectivity index (χ0v) is 14.9. The smallest absolute Gasteiger partial charge is 0.0952 e. The van der Waals surface area contributed by atoms with Crippen LogP contribution >= 0.6 is 0 Å². The Kier molecular flexibility index (Phi) is 11.5. The number of hydrogen-bond acceptors (Lipinski definition) is 6. The van der Waals surface area contributed by atoms with Crippen molar-refractivity contribution in [2.24, 2.45) is 4.99 Å². The van der Waals surface area contributed by atoms with Gasteiger partial charge >= 0.3 is 0 Å². The van der Waals surface area contributed by atoms with Gasteiger partial charge in [0.25, 0.3) is 0 Å². The second-order valence-electron chi connectivity index (χ2n) is 5.68. The summed E-state index contributed by atoms with van der Waals surface area (Å²) in [6.07, 6.45) is 8.91. The van der Waals surface area contributed by atoms with E-state index < -0.39 is 12.2 Å². The average Bonchev–Trinajstić information content (AvgIpc) is 3.09. The van der Waals surface area contributed by atoms with E-state index >= 15 is 0 Å². The number of nitrogens with zero attached hydrogens (tertiary/aromatic N) is 4. The zero-order valence-electron chi connectivity index (χ0n) is 14.9. The molecule has 0 aromatic carbocycles. The summed E-state index contributed by atoms with van der Waals surface area (Å²) in [5.41, 5.74) is 0. The van der Waals surface area contributed by atoms with Gasteiger partial charge in [0.15, 0.2) is 0 Å². The first kappa shape index (κ1) is 21.3. The van der Waals surface area contributed by atoms with Crippen molar-refractivity contribution in [2.75, 3.05) is 40.0 Å². The molecule has 0 saturated carbocycles. The molecule has 0 aliphatic rings. The quantitative estimate of drug-likeness (QED) is 0.271. The molecule has 0 amide bonds. The maximum atomic E-state index is 9.85. The van der Waals surface area contributed by atoms with Gasteiger partial charge in [0, 0.05) is 32.7 Å². The van der Waals surface area contributed by atoms with Crippen LogP contribution in [0.3, 0.4) is 0 Å². The first-order chi connectivity index (χ1) is 12.2. The van der Waals surface area contributed by atoms with Crippen molar-refractivity contribution in [2.45, 2.75) is 31.6 Å². The largest absolute Gasteiger partial charge is 0.389 e. The molecule has 0 saturated heterocycles. The molecule has 2 unspecified atom stereocenters. The van der Waals surface area contributed by atoms with Crippen LogP contribution in [0.2, 0.25) is 0 Å². The van der Waals surface area contributed by atoms with Crippen molar-refractivity contribution in [3.05, 3.63) is 31.5 Å². The number of aliphatic hydroxyl groups is 2. The number of aliphatic hydroxyl groups excluding tert-OH is 2. The lowest BCUT2D eigenvalue weighted by Crippen LogP contribution is -2.30. The summed E-state index contributed by atoms with van der Waals surface area (Å²) in [6, 6.07) is 0. The van der Waals surface area contributed by atoms with Crippen molar-refractivity contribution in [3.63, 3.8) is 0 Å². The van der Waals surface area contributed by atoms with Gasteiger partial charge in [-0.1, -0.05) is 6.58 Å². The lowest BCUT2D eigenvalue weighted by atomic mass is 10.3. The number of hydrogen-bond donors (Lipinski definition) is 2. The molecule has 0 bridgehead atoms. The summed E-state index contributed by atoms with van der Waals surface area (Å²) in [4.78, 5) is 9.50. The molecule has 8 heteroatoms. The number of aromatic nitrogens is 2. The first-order valence-corrected chi connectivity index (χ1v) is 8.43. The normalized spacial score (nSPS) is 13.9. The maximum absolute atomic E-state index is 9.85. The van der Waals surface area contributed by atoms with E-state index in [9.17, 15) is 10.2 Å². The highest BCUT2D eigenvalue weighted by Crippen LogP contribution is 1.98. The highest BCUT2D eigenvalue weighted by atomic mass is 16.5. The third-order valence-electron chi connectivity index (χ3n) is 3.35. The summed E-state index contributed by atoms with van der Waals surface area (Å²) in [5, 5.41) is 19.7. The third-order valence-corrected chi connectivity index (χ3v) is 3.35. The minimum Gasteiger partial charge on any atom is -0.389 e. The van der Waals surface area contributed by atoms with Crippen LogP contribution in [0.5, 0.6) is 0 Å². The van der Waals surface area contributed by atoms with Crippen LogP contribution in [0, 0.1) is 0 Å². The van der Waals surface area contributed by atoms with E-state index in [-0.39, 0.29) is 6.61 Å². The molecule has 0 radical (unpaired) electrons. The molecular weight excluding hydrogens is 324 g/mol. The lowest BCUT2D eigenvalue weighted by Gasteiger charge is -2.18. The summed E-state index contributed by atoms with van der Waals surface area (Å²) in [7, 11) is 1.66. The van der Waals surface area contributed by atoms with Gasteiger partial charge in [-0.2, -0.15) is 0 Å². The van der Waals surface area contributed by atoms with E-state index in [0.29, 0.717) is 32.9 Å². The standard InChI is InChI=1S/C17H30N4O4/c1-3-20(14-18-2)10-16(22)12-24-8-4-5-9-25-13-17(23)11-21-7-6-19-15-21/h3,6-7,14-17,22-23H,1,4-5,8-13H2,2H3/b18-14-. The average molecular weight is 354 g/mol. The van der Waals surface area contributed by atoms with Crippen LogP contribution in [0.25, 0.3) is 0 Å². The molecule has 1 aromatic rings. The van der Waals surface area contributed by atoms with Gasteiger partial charge < -0.3 is 29.2 Å². The Morgan fingerprint density at radius 1 is 1.24 bits per heavy atom. The van der Waals surface area contributed by atoms with Crippen LogP contribution in [-0.2, 0) is 16.0 Å². The molecule has 8 nitrogen and oxygen atoms in total. The number of unbranched alkanes of at least 4 members (excludes halogenated alkanes) is 1. The molecule has 1 aromatic heterocycles. The summed E-state index contributed by atoms with van der Waals surface area (Å²) in [5.74, 6) is 0. The van der Waals surface area contributed by atoms with Gasteiger partial charge in [-0.3, -0.25) is 4.99 Å². The molecule has 25 heavy (non-hydrogen) atoms. The summed E-state index contributed by atoms with van der Waals surface area (Å²) >= 11 is 0. The predicted octanol–water partition coefficient (Wildman–Crippen LogP) is 0.522. The molecule has 2 atom stereocenters. The topological polar surface area (TPSA) is 92.3 Å². The summed E-state index contributed by atoms with van der Waals surface area (Å²) < 4.78 is 12.7. The van der Waals surface area contributed by atoms with Crippen LogP contribution in [-0.4, -0.2) is 83.2 Å². The maximum Gasteiger partial charge on any atom is 0.0952 e. The summed E-state index contributed by atoms with van der Waals surface area (Å²) in [6.45, 7) is 6.24. The monoisotopic (exact) mass is 354 g/mol. The zero-order chi connectivity index (χ0) is 18.3. The van der Waals surface area contributed by atoms with E-state index in [1.807, 2.05) is 4.57 Å². The van der Waals surface area contributed by atoms with E-state index in [0.717, 1.165) is 12.8 Å². The molecule has 0 aliphatic heterocycles. The van der Waals surface area contributed by atoms with E-state index in [1.54, 1.807) is 43.2 Å². The van der Waals surface area contributed by atoms with E-state index in [1.165, 1.54) is 0 Å². The van der Waals surface area contributed by atoms with Crippen LogP contribution < -0.4 is 0 Å². The van der Waals surface area contributed by atoms with Crippen molar-refractivity contribution >= 4 is 6.34 Å². The number of imidazole rings is 1. The SMILES string of the molecule is C=CN(/C=N\C)CC(O)COCCCCOCC(O)Cn1ccnc1. The molecule has 142 valence electrons. The molecule has 2 N–H and O–H groups in total. The minimum absolute atomic E-state index is 0.270. The Morgan fingerprint density at radius 3 is 2.48 bits per heavy atom. The van der Waals surface area contributed by atoms with Crippen molar-refractivity contribution in [1.29, 1.82) is 0 Å². The first-order valence-electron chi connectivity index (χ1n) is 8.43. The van der Waals surface area contributed by atoms with E-state index in [2.05, 4.69) is 16.6 Å². The van der Waals surface area contributed by atoms with Gasteiger partial charge in [0.2, 0.25) is 0 Å². The highest BCUT2D eigenvalue weighted by Gasteiger charge is 2.07. The minimum atomic E-state index is -0.592. The fraction of sp³-hybridized carbons (Fsp3) is 0.647. The third kappa shape index (κ3) is 10.7. The Balaban J connectivity index is 1.93. The van der Waals surface area contributed by atoms with Gasteiger partial charge in [-0.25, -0.2) is 4.98 Å². The predicted molar refractivity (Wildman–Crippen MR) is 96.4 cm³/mol. The Morgan fingerprint density at radius 2 is 1.92 bits per heavy atom. The van der Waals surface area contributed by atoms with Gasteiger partial charge in [-0.15, -0.1) is 0 Å². The van der Waals surface area contributed by atoms with Crippen molar-refractivity contribution in [1.82, 2.24) is 14.5 Å². The molecule has 0 aliphatic carbocycles. The number of ether oxygens (including phenoxy) is 2. The molecule has 0 spiro atoms. The highest BCUT2D eigenvalue weighted by molar-refractivity contribution is 5.56. The van der Waals surface area contributed by atoms with Crippen LogP contribution in [0.1, 0.15) is 12.8 Å². The lowest BCUT2D eigenvalue weighted by molar-refractivity contribution is 0.0149. The fourth-order valence-corrected chi connectivity index (χ4v) is 2.15.